The number of allylic oxidation sites excluding steroid dienone is 7. The van der Waals surface area contributed by atoms with Gasteiger partial charge in [-0.3, -0.25) is 4.79 Å². The molecule has 30 heavy (non-hydrogen) atoms. The van der Waals surface area contributed by atoms with Crippen LogP contribution >= 0.6 is 11.6 Å². The van der Waals surface area contributed by atoms with Crippen molar-refractivity contribution in [1.82, 2.24) is 0 Å². The van der Waals surface area contributed by atoms with E-state index in [9.17, 15) is 4.79 Å². The highest BCUT2D eigenvalue weighted by Gasteiger charge is 2.27. The third kappa shape index (κ3) is 3.96. The van der Waals surface area contributed by atoms with Crippen molar-refractivity contribution in [1.29, 1.82) is 0 Å². The summed E-state index contributed by atoms with van der Waals surface area (Å²) in [6, 6.07) is 12.4. The average Bonchev–Trinajstić information content (AvgIpc) is 3.47. The Morgan fingerprint density at radius 1 is 1.20 bits per heavy atom. The first-order valence-electron chi connectivity index (χ1n) is 10.1. The van der Waals surface area contributed by atoms with Gasteiger partial charge in [-0.2, -0.15) is 0 Å². The van der Waals surface area contributed by atoms with Crippen molar-refractivity contribution in [2.45, 2.75) is 20.3 Å². The molecule has 1 atom stereocenters. The van der Waals surface area contributed by atoms with E-state index in [1.165, 1.54) is 11.1 Å². The van der Waals surface area contributed by atoms with Crippen LogP contribution in [-0.4, -0.2) is 5.91 Å². The molecule has 0 saturated heterocycles. The van der Waals surface area contributed by atoms with E-state index in [1.807, 2.05) is 25.1 Å². The smallest absolute Gasteiger partial charge is 0.248 e. The number of hydrogen-bond acceptors (Lipinski definition) is 1. The molecule has 0 fully saturated rings. The maximum Gasteiger partial charge on any atom is 0.248 e. The number of benzene rings is 2. The molecule has 150 valence electrons. The Morgan fingerprint density at radius 2 is 1.97 bits per heavy atom. The van der Waals surface area contributed by atoms with E-state index in [0.717, 1.165) is 39.9 Å². The molecule has 1 N–H and O–H groups in total. The van der Waals surface area contributed by atoms with Gasteiger partial charge in [0, 0.05) is 10.7 Å². The lowest BCUT2D eigenvalue weighted by Gasteiger charge is -2.16. The highest BCUT2D eigenvalue weighted by molar-refractivity contribution is 6.32. The molecule has 1 aliphatic carbocycles. The maximum atomic E-state index is 12.0. The number of hydrogen-bond donors (Lipinski definition) is 1. The standard InChI is InChI=1S/C27H24ClNO/c1-4-7-22(20-12-11-19-8-6-9-26(30)29-25(19)16-20)27(23-14-17(23)3)21-13-10-18(5-2)24(28)15-21/h4-7,9-17H,2,8H2,1,3H3,(H,29,30). The van der Waals surface area contributed by atoms with Gasteiger partial charge in [-0.25, -0.2) is 0 Å². The summed E-state index contributed by atoms with van der Waals surface area (Å²) < 4.78 is 0. The van der Waals surface area contributed by atoms with Gasteiger partial charge >= 0.3 is 0 Å². The van der Waals surface area contributed by atoms with Crippen LogP contribution in [0.25, 0.3) is 17.2 Å². The number of rotatable bonds is 5. The second kappa shape index (κ2) is 8.33. The van der Waals surface area contributed by atoms with E-state index in [4.69, 9.17) is 11.6 Å². The monoisotopic (exact) mass is 413 g/mol. The van der Waals surface area contributed by atoms with E-state index in [1.54, 1.807) is 12.2 Å². The van der Waals surface area contributed by atoms with Gasteiger partial charge in [0.2, 0.25) is 5.91 Å². The molecule has 0 spiro atoms. The Balaban J connectivity index is 1.90. The molecule has 0 radical (unpaired) electrons. The third-order valence-corrected chi connectivity index (χ3v) is 5.82. The molecule has 2 nitrogen and oxygen atoms in total. The van der Waals surface area contributed by atoms with E-state index >= 15 is 0 Å². The first kappa shape index (κ1) is 20.2. The Morgan fingerprint density at radius 3 is 2.63 bits per heavy atom. The van der Waals surface area contributed by atoms with Crippen LogP contribution in [0.1, 0.15) is 36.1 Å². The summed E-state index contributed by atoms with van der Waals surface area (Å²) in [5.41, 5.74) is 8.64. The first-order chi connectivity index (χ1) is 14.5. The number of carbonyl (C=O) groups excluding carboxylic acids is 1. The molecule has 1 amide bonds. The Hall–Kier alpha value is -3.10. The number of fused-ring (bicyclic) bond motifs is 1. The average molecular weight is 414 g/mol. The topological polar surface area (TPSA) is 29.1 Å². The SMILES string of the molecule is C=Cc1ccc(C(C2=CC2C)=C(C=CC)c2ccc3c(c2)NC(=O)C=CC3)cc1Cl. The van der Waals surface area contributed by atoms with Gasteiger partial charge in [0.15, 0.2) is 0 Å². The van der Waals surface area contributed by atoms with Gasteiger partial charge in [0.25, 0.3) is 0 Å². The highest BCUT2D eigenvalue weighted by Crippen LogP contribution is 2.45. The largest absolute Gasteiger partial charge is 0.322 e. The van der Waals surface area contributed by atoms with Gasteiger partial charge in [-0.1, -0.05) is 79.7 Å². The van der Waals surface area contributed by atoms with Crippen molar-refractivity contribution < 1.29 is 4.79 Å². The van der Waals surface area contributed by atoms with Gasteiger partial charge in [-0.15, -0.1) is 0 Å². The van der Waals surface area contributed by atoms with E-state index in [0.29, 0.717) is 10.9 Å². The molecule has 4 rings (SSSR count). The maximum absolute atomic E-state index is 12.0. The van der Waals surface area contributed by atoms with Crippen LogP contribution in [0.4, 0.5) is 5.69 Å². The highest BCUT2D eigenvalue weighted by atomic mass is 35.5. The van der Waals surface area contributed by atoms with Crippen molar-refractivity contribution in [3.8, 4) is 0 Å². The van der Waals surface area contributed by atoms with Crippen molar-refractivity contribution in [3.63, 3.8) is 0 Å². The Kier molecular flexibility index (Phi) is 5.61. The molecular weight excluding hydrogens is 390 g/mol. The van der Waals surface area contributed by atoms with E-state index in [-0.39, 0.29) is 5.91 Å². The second-order valence-corrected chi connectivity index (χ2v) is 8.01. The molecule has 3 heteroatoms. The molecule has 1 aliphatic heterocycles. The van der Waals surface area contributed by atoms with Crippen LogP contribution < -0.4 is 5.32 Å². The van der Waals surface area contributed by atoms with Crippen molar-refractivity contribution >= 4 is 40.4 Å². The number of carbonyl (C=O) groups is 1. The lowest BCUT2D eigenvalue weighted by atomic mass is 9.90. The fraction of sp³-hybridized carbons (Fsp3) is 0.148. The summed E-state index contributed by atoms with van der Waals surface area (Å²) in [6.45, 7) is 8.05. The molecule has 2 aliphatic rings. The molecule has 2 aromatic rings. The van der Waals surface area contributed by atoms with Crippen molar-refractivity contribution in [2.24, 2.45) is 5.92 Å². The van der Waals surface area contributed by atoms with Gasteiger partial charge < -0.3 is 5.32 Å². The zero-order chi connectivity index (χ0) is 21.3. The minimum Gasteiger partial charge on any atom is -0.322 e. The summed E-state index contributed by atoms with van der Waals surface area (Å²) >= 11 is 6.51. The zero-order valence-electron chi connectivity index (χ0n) is 17.2. The minimum atomic E-state index is -0.0898. The number of amides is 1. The summed E-state index contributed by atoms with van der Waals surface area (Å²) in [7, 11) is 0. The predicted molar refractivity (Wildman–Crippen MR) is 128 cm³/mol. The molecular formula is C27H24ClNO. The zero-order valence-corrected chi connectivity index (χ0v) is 18.0. The summed E-state index contributed by atoms with van der Waals surface area (Å²) in [6.07, 6.45) is 12.4. The fourth-order valence-electron chi connectivity index (χ4n) is 3.85. The van der Waals surface area contributed by atoms with Crippen LogP contribution in [0.15, 0.2) is 78.9 Å². The van der Waals surface area contributed by atoms with Gasteiger partial charge in [0.05, 0.1) is 0 Å². The molecule has 1 heterocycles. The molecule has 2 aromatic carbocycles. The third-order valence-electron chi connectivity index (χ3n) is 5.50. The normalized spacial score (nSPS) is 18.3. The van der Waals surface area contributed by atoms with Gasteiger partial charge in [-0.05, 0) is 76.4 Å². The van der Waals surface area contributed by atoms with Crippen LogP contribution in [-0.2, 0) is 11.2 Å². The molecule has 0 bridgehead atoms. The number of nitrogens with one attached hydrogen (secondary N) is 1. The molecule has 0 aromatic heterocycles. The van der Waals surface area contributed by atoms with E-state index < -0.39 is 0 Å². The molecule has 0 saturated carbocycles. The van der Waals surface area contributed by atoms with Crippen LogP contribution in [0.3, 0.4) is 0 Å². The van der Waals surface area contributed by atoms with Crippen LogP contribution in [0.5, 0.6) is 0 Å². The lowest BCUT2D eigenvalue weighted by molar-refractivity contribution is -0.111. The van der Waals surface area contributed by atoms with Crippen LogP contribution in [0, 0.1) is 5.92 Å². The Labute approximate surface area is 183 Å². The summed E-state index contributed by atoms with van der Waals surface area (Å²) in [4.78, 5) is 12.0. The molecule has 1 unspecified atom stereocenters. The van der Waals surface area contributed by atoms with Crippen molar-refractivity contribution in [2.75, 3.05) is 5.32 Å². The first-order valence-corrected chi connectivity index (χ1v) is 10.5. The quantitative estimate of drug-likeness (QED) is 0.411. The number of anilines is 1. The Bertz CT molecular complexity index is 1160. The predicted octanol–water partition coefficient (Wildman–Crippen LogP) is 7.10. The van der Waals surface area contributed by atoms with Crippen molar-refractivity contribution in [3.05, 3.63) is 106 Å². The minimum absolute atomic E-state index is 0.0898. The summed E-state index contributed by atoms with van der Waals surface area (Å²) in [5, 5.41) is 3.69. The fourth-order valence-corrected chi connectivity index (χ4v) is 4.11. The second-order valence-electron chi connectivity index (χ2n) is 7.61. The number of halogens is 1. The van der Waals surface area contributed by atoms with Crippen LogP contribution in [0.2, 0.25) is 5.02 Å². The summed E-state index contributed by atoms with van der Waals surface area (Å²) in [5.74, 6) is 0.343. The van der Waals surface area contributed by atoms with E-state index in [2.05, 4.69) is 61.3 Å². The lowest BCUT2D eigenvalue weighted by Crippen LogP contribution is -2.07. The van der Waals surface area contributed by atoms with Gasteiger partial charge in [0.1, 0.15) is 0 Å².